The van der Waals surface area contributed by atoms with Crippen LogP contribution in [0.3, 0.4) is 0 Å². The summed E-state index contributed by atoms with van der Waals surface area (Å²) in [6, 6.07) is 13.8. The molecule has 192 valence electrons. The SMILES string of the molecule is CCOC(=O)C1=C(C)N=c2s/c(=C/c3ccc(N4CCCC4)c(C)c3)c(=O)n2[C@H]1c1ccc(SC)cc1. The fourth-order valence-corrected chi connectivity index (χ4v) is 6.58. The molecule has 1 saturated heterocycles. The largest absolute Gasteiger partial charge is 0.463 e. The lowest BCUT2D eigenvalue weighted by Crippen LogP contribution is -2.39. The number of fused-ring (bicyclic) bond motifs is 1. The Kier molecular flexibility index (Phi) is 7.40. The van der Waals surface area contributed by atoms with E-state index in [4.69, 9.17) is 4.74 Å². The highest BCUT2D eigenvalue weighted by Gasteiger charge is 2.33. The van der Waals surface area contributed by atoms with Crippen LogP contribution < -0.4 is 19.8 Å². The molecular weight excluding hydrogens is 502 g/mol. The van der Waals surface area contributed by atoms with Gasteiger partial charge in [0.15, 0.2) is 4.80 Å². The molecule has 0 saturated carbocycles. The average Bonchev–Trinajstić information content (AvgIpc) is 3.52. The Morgan fingerprint density at radius 1 is 1.16 bits per heavy atom. The fraction of sp³-hybridized carbons (Fsp3) is 0.345. The third kappa shape index (κ3) is 4.92. The second-order valence-corrected chi connectivity index (χ2v) is 11.2. The number of aryl methyl sites for hydroxylation is 1. The molecule has 37 heavy (non-hydrogen) atoms. The van der Waals surface area contributed by atoms with Crippen LogP contribution in [0.4, 0.5) is 5.69 Å². The van der Waals surface area contributed by atoms with Crippen molar-refractivity contribution >= 4 is 40.8 Å². The maximum Gasteiger partial charge on any atom is 0.338 e. The molecule has 1 aromatic heterocycles. The molecule has 3 heterocycles. The molecule has 0 radical (unpaired) electrons. The fourth-order valence-electron chi connectivity index (χ4n) is 5.13. The van der Waals surface area contributed by atoms with Gasteiger partial charge in [0, 0.05) is 23.7 Å². The zero-order valence-electron chi connectivity index (χ0n) is 21.6. The minimum Gasteiger partial charge on any atom is -0.463 e. The predicted molar refractivity (Wildman–Crippen MR) is 151 cm³/mol. The predicted octanol–water partition coefficient (Wildman–Crippen LogP) is 4.43. The molecule has 2 aliphatic rings. The van der Waals surface area contributed by atoms with E-state index in [2.05, 4.69) is 35.0 Å². The molecule has 8 heteroatoms. The molecule has 0 bridgehead atoms. The molecule has 0 amide bonds. The Hall–Kier alpha value is -3.10. The van der Waals surface area contributed by atoms with E-state index in [-0.39, 0.29) is 12.2 Å². The van der Waals surface area contributed by atoms with Crippen molar-refractivity contribution in [3.63, 3.8) is 0 Å². The van der Waals surface area contributed by atoms with Crippen molar-refractivity contribution in [3.05, 3.63) is 90.1 Å². The Balaban J connectivity index is 1.62. The lowest BCUT2D eigenvalue weighted by Gasteiger charge is -2.24. The van der Waals surface area contributed by atoms with Crippen molar-refractivity contribution in [2.45, 2.75) is 44.6 Å². The average molecular weight is 534 g/mol. The van der Waals surface area contributed by atoms with Gasteiger partial charge in [-0.05, 0) is 86.9 Å². The molecule has 3 aromatic rings. The van der Waals surface area contributed by atoms with E-state index >= 15 is 0 Å². The number of anilines is 1. The van der Waals surface area contributed by atoms with Gasteiger partial charge in [-0.2, -0.15) is 0 Å². The highest BCUT2D eigenvalue weighted by atomic mass is 32.2. The lowest BCUT2D eigenvalue weighted by molar-refractivity contribution is -0.139. The van der Waals surface area contributed by atoms with Gasteiger partial charge < -0.3 is 9.64 Å². The number of nitrogens with zero attached hydrogens (tertiary/aromatic N) is 3. The van der Waals surface area contributed by atoms with Crippen LogP contribution in [0, 0.1) is 6.92 Å². The first-order valence-corrected chi connectivity index (χ1v) is 14.6. The van der Waals surface area contributed by atoms with Gasteiger partial charge in [-0.15, -0.1) is 11.8 Å². The Morgan fingerprint density at radius 2 is 1.89 bits per heavy atom. The number of ether oxygens (including phenoxy) is 1. The van der Waals surface area contributed by atoms with Gasteiger partial charge in [0.05, 0.1) is 28.5 Å². The second-order valence-electron chi connectivity index (χ2n) is 9.32. The number of carbonyl (C=O) groups is 1. The first-order chi connectivity index (χ1) is 17.9. The summed E-state index contributed by atoms with van der Waals surface area (Å²) in [5, 5.41) is 0. The van der Waals surface area contributed by atoms with Crippen LogP contribution in [0.25, 0.3) is 6.08 Å². The zero-order chi connectivity index (χ0) is 26.1. The van der Waals surface area contributed by atoms with Crippen molar-refractivity contribution < 1.29 is 9.53 Å². The van der Waals surface area contributed by atoms with Gasteiger partial charge in [-0.25, -0.2) is 9.79 Å². The van der Waals surface area contributed by atoms with Crippen LogP contribution in [-0.2, 0) is 9.53 Å². The standard InChI is InChI=1S/C29H31N3O3S2/c1-5-35-28(34)25-19(3)30-29-32(26(25)21-9-11-22(36-4)12-10-21)27(33)24(37-29)17-20-8-13-23(18(2)16-20)31-14-6-7-15-31/h8-13,16-17,26H,5-7,14-15H2,1-4H3/b24-17+/t26-/m0/s1. The van der Waals surface area contributed by atoms with Crippen molar-refractivity contribution in [1.82, 2.24) is 4.57 Å². The van der Waals surface area contributed by atoms with Gasteiger partial charge in [0.25, 0.3) is 5.56 Å². The van der Waals surface area contributed by atoms with E-state index in [1.165, 1.54) is 35.4 Å². The van der Waals surface area contributed by atoms with E-state index in [1.54, 1.807) is 23.3 Å². The van der Waals surface area contributed by atoms with Crippen LogP contribution >= 0.6 is 23.1 Å². The van der Waals surface area contributed by atoms with Gasteiger partial charge in [0.2, 0.25) is 0 Å². The van der Waals surface area contributed by atoms with Crippen LogP contribution in [0.5, 0.6) is 0 Å². The normalized spacial score (nSPS) is 17.7. The third-order valence-corrected chi connectivity index (χ3v) is 8.64. The highest BCUT2D eigenvalue weighted by Crippen LogP contribution is 2.32. The molecule has 6 nitrogen and oxygen atoms in total. The number of allylic oxidation sites excluding steroid dienone is 1. The molecule has 2 aromatic carbocycles. The number of thiazole rings is 1. The van der Waals surface area contributed by atoms with E-state index in [9.17, 15) is 9.59 Å². The summed E-state index contributed by atoms with van der Waals surface area (Å²) >= 11 is 3.00. The summed E-state index contributed by atoms with van der Waals surface area (Å²) in [6.07, 6.45) is 6.42. The molecular formula is C29H31N3O3S2. The van der Waals surface area contributed by atoms with Gasteiger partial charge in [-0.1, -0.05) is 29.5 Å². The van der Waals surface area contributed by atoms with Gasteiger partial charge >= 0.3 is 5.97 Å². The summed E-state index contributed by atoms with van der Waals surface area (Å²) in [6.45, 7) is 8.16. The van der Waals surface area contributed by atoms with Crippen LogP contribution in [0.1, 0.15) is 49.4 Å². The summed E-state index contributed by atoms with van der Waals surface area (Å²) < 4.78 is 7.63. The number of thioether (sulfide) groups is 1. The molecule has 0 unspecified atom stereocenters. The van der Waals surface area contributed by atoms with E-state index in [0.717, 1.165) is 29.1 Å². The summed E-state index contributed by atoms with van der Waals surface area (Å²) in [7, 11) is 0. The Labute approximate surface area is 225 Å². The minimum atomic E-state index is -0.590. The molecule has 2 aliphatic heterocycles. The van der Waals surface area contributed by atoms with Crippen molar-refractivity contribution in [2.24, 2.45) is 4.99 Å². The number of carbonyl (C=O) groups excluding carboxylic acids is 1. The lowest BCUT2D eigenvalue weighted by atomic mass is 9.96. The Morgan fingerprint density at radius 3 is 2.54 bits per heavy atom. The van der Waals surface area contributed by atoms with E-state index in [1.807, 2.05) is 43.5 Å². The number of hydrogen-bond donors (Lipinski definition) is 0. The van der Waals surface area contributed by atoms with Gasteiger partial charge in [-0.3, -0.25) is 9.36 Å². The Bertz CT molecular complexity index is 1540. The molecule has 0 aliphatic carbocycles. The number of benzene rings is 2. The molecule has 1 fully saturated rings. The van der Waals surface area contributed by atoms with Crippen LogP contribution in [0.2, 0.25) is 0 Å². The smallest absolute Gasteiger partial charge is 0.338 e. The third-order valence-electron chi connectivity index (χ3n) is 6.91. The number of hydrogen-bond acceptors (Lipinski definition) is 7. The topological polar surface area (TPSA) is 63.9 Å². The number of rotatable bonds is 6. The van der Waals surface area contributed by atoms with Crippen molar-refractivity contribution in [1.29, 1.82) is 0 Å². The summed E-state index contributed by atoms with van der Waals surface area (Å²) in [4.78, 5) is 35.7. The maximum absolute atomic E-state index is 13.8. The first-order valence-electron chi connectivity index (χ1n) is 12.6. The number of aromatic nitrogens is 1. The quantitative estimate of drug-likeness (QED) is 0.347. The van der Waals surface area contributed by atoms with Crippen LogP contribution in [0.15, 0.2) is 68.4 Å². The maximum atomic E-state index is 13.8. The molecule has 0 N–H and O–H groups in total. The first kappa shape index (κ1) is 25.5. The van der Waals surface area contributed by atoms with Crippen molar-refractivity contribution in [2.75, 3.05) is 30.9 Å². The van der Waals surface area contributed by atoms with Crippen LogP contribution in [-0.4, -0.2) is 36.5 Å². The second kappa shape index (κ2) is 10.7. The monoisotopic (exact) mass is 533 g/mol. The van der Waals surface area contributed by atoms with Crippen molar-refractivity contribution in [3.8, 4) is 0 Å². The molecule has 5 rings (SSSR count). The van der Waals surface area contributed by atoms with Gasteiger partial charge in [0.1, 0.15) is 0 Å². The number of esters is 1. The highest BCUT2D eigenvalue weighted by molar-refractivity contribution is 7.98. The molecule has 1 atom stereocenters. The summed E-state index contributed by atoms with van der Waals surface area (Å²) in [5.41, 5.74) is 5.13. The van der Waals surface area contributed by atoms with E-state index < -0.39 is 12.0 Å². The minimum absolute atomic E-state index is 0.154. The summed E-state index contributed by atoms with van der Waals surface area (Å²) in [5.74, 6) is -0.440. The van der Waals surface area contributed by atoms with E-state index in [0.29, 0.717) is 20.6 Å². The zero-order valence-corrected chi connectivity index (χ0v) is 23.2. The molecule has 0 spiro atoms.